The average Bonchev–Trinajstić information content (AvgIpc) is 3.65. The van der Waals surface area contributed by atoms with Crippen LogP contribution < -0.4 is 10.6 Å². The fraction of sp³-hybridized carbons (Fsp3) is 0.308. The SMILES string of the molecule is CCC1(c2ccc(NC(=O)c3cc(C4CC4)nc4ccccc34)cc2)CCC(=O)NC1=O. The third-order valence-corrected chi connectivity index (χ3v) is 6.74. The second-order valence-corrected chi connectivity index (χ2v) is 8.73. The van der Waals surface area contributed by atoms with Crippen LogP contribution in [0, 0.1) is 0 Å². The summed E-state index contributed by atoms with van der Waals surface area (Å²) in [4.78, 5) is 42.1. The third-order valence-electron chi connectivity index (χ3n) is 6.74. The van der Waals surface area contributed by atoms with Gasteiger partial charge in [-0.05, 0) is 55.5 Å². The molecule has 0 bridgehead atoms. The molecule has 1 saturated carbocycles. The number of benzene rings is 2. The Balaban J connectivity index is 1.41. The smallest absolute Gasteiger partial charge is 0.256 e. The number of carbonyl (C=O) groups excluding carboxylic acids is 3. The van der Waals surface area contributed by atoms with Crippen molar-refractivity contribution in [2.75, 3.05) is 5.32 Å². The second kappa shape index (κ2) is 7.86. The van der Waals surface area contributed by atoms with E-state index in [0.717, 1.165) is 35.0 Å². The van der Waals surface area contributed by atoms with Crippen molar-refractivity contribution < 1.29 is 14.4 Å². The summed E-state index contributed by atoms with van der Waals surface area (Å²) in [6.07, 6.45) is 3.66. The molecule has 1 aromatic heterocycles. The number of hydrogen-bond acceptors (Lipinski definition) is 4. The summed E-state index contributed by atoms with van der Waals surface area (Å²) >= 11 is 0. The van der Waals surface area contributed by atoms with Gasteiger partial charge in [0.25, 0.3) is 5.91 Å². The Morgan fingerprint density at radius 3 is 2.56 bits per heavy atom. The minimum absolute atomic E-state index is 0.176. The van der Waals surface area contributed by atoms with E-state index in [1.807, 2.05) is 61.5 Å². The molecule has 3 aromatic rings. The van der Waals surface area contributed by atoms with Crippen LogP contribution in [0.25, 0.3) is 10.9 Å². The zero-order valence-electron chi connectivity index (χ0n) is 18.0. The van der Waals surface area contributed by atoms with Gasteiger partial charge in [0.2, 0.25) is 11.8 Å². The molecule has 2 aromatic carbocycles. The van der Waals surface area contributed by atoms with E-state index in [4.69, 9.17) is 4.98 Å². The zero-order chi connectivity index (χ0) is 22.3. The van der Waals surface area contributed by atoms with E-state index in [1.165, 1.54) is 0 Å². The highest BCUT2D eigenvalue weighted by Crippen LogP contribution is 2.40. The number of pyridine rings is 1. The van der Waals surface area contributed by atoms with Gasteiger partial charge < -0.3 is 5.32 Å². The number of hydrogen-bond donors (Lipinski definition) is 2. The fourth-order valence-electron chi connectivity index (χ4n) is 4.61. The quantitative estimate of drug-likeness (QED) is 0.589. The summed E-state index contributed by atoms with van der Waals surface area (Å²) in [6.45, 7) is 1.96. The number of piperidine rings is 1. The molecule has 1 aliphatic heterocycles. The number of imide groups is 1. The first-order valence-corrected chi connectivity index (χ1v) is 11.2. The number of fused-ring (bicyclic) bond motifs is 1. The fourth-order valence-corrected chi connectivity index (χ4v) is 4.61. The first-order valence-electron chi connectivity index (χ1n) is 11.2. The summed E-state index contributed by atoms with van der Waals surface area (Å²) in [6, 6.07) is 17.0. The molecule has 162 valence electrons. The van der Waals surface area contributed by atoms with Crippen molar-refractivity contribution in [1.82, 2.24) is 10.3 Å². The predicted octanol–water partition coefficient (Wildman–Crippen LogP) is 4.45. The molecule has 6 heteroatoms. The molecule has 1 unspecified atom stereocenters. The number of nitrogens with zero attached hydrogens (tertiary/aromatic N) is 1. The monoisotopic (exact) mass is 427 g/mol. The Labute approximate surface area is 186 Å². The predicted molar refractivity (Wildman–Crippen MR) is 122 cm³/mol. The van der Waals surface area contributed by atoms with E-state index in [2.05, 4.69) is 10.6 Å². The van der Waals surface area contributed by atoms with Crippen LogP contribution in [0.4, 0.5) is 5.69 Å². The second-order valence-electron chi connectivity index (χ2n) is 8.73. The van der Waals surface area contributed by atoms with Gasteiger partial charge in [-0.25, -0.2) is 0 Å². The van der Waals surface area contributed by atoms with Crippen molar-refractivity contribution in [2.45, 2.75) is 50.4 Å². The third kappa shape index (κ3) is 3.55. The molecule has 2 fully saturated rings. The molecule has 0 spiro atoms. The summed E-state index contributed by atoms with van der Waals surface area (Å²) in [5.41, 5.74) is 3.24. The van der Waals surface area contributed by atoms with Crippen LogP contribution in [0.1, 0.15) is 66.6 Å². The highest BCUT2D eigenvalue weighted by atomic mass is 16.2. The van der Waals surface area contributed by atoms with Crippen molar-refractivity contribution in [3.8, 4) is 0 Å². The Morgan fingerprint density at radius 2 is 1.88 bits per heavy atom. The van der Waals surface area contributed by atoms with Crippen molar-refractivity contribution in [3.05, 3.63) is 71.4 Å². The standard InChI is InChI=1S/C26H25N3O3/c1-2-26(14-13-23(30)29-25(26)32)17-9-11-18(12-10-17)27-24(31)20-15-22(16-7-8-16)28-21-6-4-3-5-19(20)21/h3-6,9-12,15-16H,2,7-8,13-14H2,1H3,(H,27,31)(H,29,30,32). The molecule has 32 heavy (non-hydrogen) atoms. The molecule has 5 rings (SSSR count). The summed E-state index contributed by atoms with van der Waals surface area (Å²) in [5, 5.41) is 6.30. The van der Waals surface area contributed by atoms with Crippen LogP contribution >= 0.6 is 0 Å². The van der Waals surface area contributed by atoms with Gasteiger partial charge in [0.1, 0.15) is 0 Å². The number of rotatable bonds is 5. The van der Waals surface area contributed by atoms with Crippen molar-refractivity contribution in [1.29, 1.82) is 0 Å². The summed E-state index contributed by atoms with van der Waals surface area (Å²) < 4.78 is 0. The van der Waals surface area contributed by atoms with Gasteiger partial charge >= 0.3 is 0 Å². The van der Waals surface area contributed by atoms with Gasteiger partial charge in [-0.1, -0.05) is 37.3 Å². The molecule has 2 aliphatic rings. The van der Waals surface area contributed by atoms with Crippen LogP contribution in [0.2, 0.25) is 0 Å². The van der Waals surface area contributed by atoms with Crippen molar-refractivity contribution in [3.63, 3.8) is 0 Å². The lowest BCUT2D eigenvalue weighted by atomic mass is 9.72. The van der Waals surface area contributed by atoms with Gasteiger partial charge in [-0.15, -0.1) is 0 Å². The summed E-state index contributed by atoms with van der Waals surface area (Å²) in [5.74, 6) is -0.198. The zero-order valence-corrected chi connectivity index (χ0v) is 18.0. The van der Waals surface area contributed by atoms with Crippen LogP contribution in [0.15, 0.2) is 54.6 Å². The first kappa shape index (κ1) is 20.4. The number of anilines is 1. The van der Waals surface area contributed by atoms with Crippen molar-refractivity contribution in [2.24, 2.45) is 0 Å². The number of para-hydroxylation sites is 1. The highest BCUT2D eigenvalue weighted by Gasteiger charge is 2.42. The van der Waals surface area contributed by atoms with E-state index in [9.17, 15) is 14.4 Å². The first-order chi connectivity index (χ1) is 15.5. The molecular formula is C26H25N3O3. The minimum atomic E-state index is -0.711. The largest absolute Gasteiger partial charge is 0.322 e. The van der Waals surface area contributed by atoms with Crippen LogP contribution in [-0.4, -0.2) is 22.7 Å². The average molecular weight is 428 g/mol. The molecule has 6 nitrogen and oxygen atoms in total. The maximum Gasteiger partial charge on any atom is 0.256 e. The van der Waals surface area contributed by atoms with Gasteiger partial charge in [-0.2, -0.15) is 0 Å². The van der Waals surface area contributed by atoms with Gasteiger partial charge in [0.15, 0.2) is 0 Å². The Morgan fingerprint density at radius 1 is 1.12 bits per heavy atom. The topological polar surface area (TPSA) is 88.2 Å². The molecule has 1 saturated heterocycles. The minimum Gasteiger partial charge on any atom is -0.322 e. The molecule has 2 N–H and O–H groups in total. The lowest BCUT2D eigenvalue weighted by molar-refractivity contribution is -0.138. The Kier molecular flexibility index (Phi) is 5.00. The molecule has 0 radical (unpaired) electrons. The van der Waals surface area contributed by atoms with Gasteiger partial charge in [-0.3, -0.25) is 24.7 Å². The maximum absolute atomic E-state index is 13.2. The highest BCUT2D eigenvalue weighted by molar-refractivity contribution is 6.12. The van der Waals surface area contributed by atoms with Crippen LogP contribution in [0.3, 0.4) is 0 Å². The number of amides is 3. The van der Waals surface area contributed by atoms with E-state index >= 15 is 0 Å². The lowest BCUT2D eigenvalue weighted by Crippen LogP contribution is -2.51. The maximum atomic E-state index is 13.2. The van der Waals surface area contributed by atoms with Gasteiger partial charge in [0.05, 0.1) is 16.5 Å². The number of aromatic nitrogens is 1. The molecular weight excluding hydrogens is 402 g/mol. The van der Waals surface area contributed by atoms with E-state index in [0.29, 0.717) is 36.4 Å². The normalized spacial score (nSPS) is 20.8. The number of nitrogens with one attached hydrogen (secondary N) is 2. The van der Waals surface area contributed by atoms with Crippen LogP contribution in [0.5, 0.6) is 0 Å². The molecule has 2 heterocycles. The van der Waals surface area contributed by atoms with Crippen LogP contribution in [-0.2, 0) is 15.0 Å². The lowest BCUT2D eigenvalue weighted by Gasteiger charge is -2.35. The van der Waals surface area contributed by atoms with Crippen molar-refractivity contribution >= 4 is 34.3 Å². The Bertz CT molecular complexity index is 1230. The number of carbonyl (C=O) groups is 3. The molecule has 1 atom stereocenters. The summed E-state index contributed by atoms with van der Waals surface area (Å²) in [7, 11) is 0. The molecule has 1 aliphatic carbocycles. The van der Waals surface area contributed by atoms with E-state index in [1.54, 1.807) is 0 Å². The van der Waals surface area contributed by atoms with E-state index < -0.39 is 5.41 Å². The molecule has 3 amide bonds. The Hall–Kier alpha value is -3.54. The van der Waals surface area contributed by atoms with Gasteiger partial charge in [0, 0.05) is 29.1 Å². The van der Waals surface area contributed by atoms with E-state index in [-0.39, 0.29) is 17.7 Å².